The molecule has 0 bridgehead atoms. The summed E-state index contributed by atoms with van der Waals surface area (Å²) in [5.41, 5.74) is 7.69. The minimum Gasteiger partial charge on any atom is -0.456 e. The molecule has 0 saturated carbocycles. The third-order valence-electron chi connectivity index (χ3n) is 12.1. The average molecular weight is 765 g/mol. The zero-order valence-corrected chi connectivity index (χ0v) is 32.2. The maximum absolute atomic E-state index is 6.92. The Morgan fingerprint density at radius 2 is 0.883 bits per heavy atom. The van der Waals surface area contributed by atoms with Gasteiger partial charge in [0.05, 0.1) is 11.0 Å². The number of hydrogen-bond acceptors (Lipinski definition) is 4. The van der Waals surface area contributed by atoms with E-state index >= 15 is 0 Å². The molecule has 0 aliphatic carbocycles. The first kappa shape index (κ1) is 32.9. The molecule has 13 aromatic rings. The molecule has 0 amide bonds. The molecule has 10 aromatic carbocycles. The summed E-state index contributed by atoms with van der Waals surface area (Å²) in [6, 6.07) is 68.7. The normalized spacial score (nSPS) is 12.0. The van der Waals surface area contributed by atoms with Crippen LogP contribution in [0.5, 0.6) is 0 Å². The molecule has 0 aliphatic rings. The maximum atomic E-state index is 6.92. The molecule has 60 heavy (non-hydrogen) atoms. The van der Waals surface area contributed by atoms with Gasteiger partial charge in [-0.3, -0.25) is 0 Å². The van der Waals surface area contributed by atoms with Gasteiger partial charge in [-0.1, -0.05) is 140 Å². The summed E-state index contributed by atoms with van der Waals surface area (Å²) in [5.74, 6) is 1.83. The lowest BCUT2D eigenvalue weighted by molar-refractivity contribution is 0.669. The lowest BCUT2D eigenvalue weighted by Gasteiger charge is -2.12. The van der Waals surface area contributed by atoms with Crippen LogP contribution in [0.3, 0.4) is 0 Å². The largest absolute Gasteiger partial charge is 0.456 e. The standard InChI is InChI=1S/C55H32N4O/c1-2-13-34(14-3-1)53-56-54(41-23-22-33-12-4-5-15-35(33)26-41)58-55(57-53)52-43-21-11-10-20-40(43)31-50-51(52)44-25-24-42(32-49(44)60-50)59-47-29-38-18-8-6-16-36(38)27-45(47)46-28-37-17-7-9-19-39(37)30-48(46)59/h1-32H. The van der Waals surface area contributed by atoms with Crippen LogP contribution in [0.15, 0.2) is 199 Å². The minimum atomic E-state index is 0.599. The van der Waals surface area contributed by atoms with Crippen LogP contribution in [0.2, 0.25) is 0 Å². The van der Waals surface area contributed by atoms with E-state index in [1.54, 1.807) is 0 Å². The number of benzene rings is 10. The van der Waals surface area contributed by atoms with Gasteiger partial charge >= 0.3 is 0 Å². The predicted octanol–water partition coefficient (Wildman–Crippen LogP) is 14.5. The van der Waals surface area contributed by atoms with Gasteiger partial charge in [-0.25, -0.2) is 15.0 Å². The molecule has 3 heterocycles. The molecule has 0 aliphatic heterocycles. The smallest absolute Gasteiger partial charge is 0.165 e. The summed E-state index contributed by atoms with van der Waals surface area (Å²) in [4.78, 5) is 15.7. The van der Waals surface area contributed by atoms with Crippen molar-refractivity contribution in [2.75, 3.05) is 0 Å². The van der Waals surface area contributed by atoms with E-state index in [0.29, 0.717) is 17.5 Å². The molecule has 3 aromatic heterocycles. The van der Waals surface area contributed by atoms with Gasteiger partial charge in [0, 0.05) is 50.0 Å². The number of hydrogen-bond donors (Lipinski definition) is 0. The van der Waals surface area contributed by atoms with Crippen molar-refractivity contribution in [1.82, 2.24) is 19.5 Å². The Labute approximate surface area is 343 Å². The molecule has 0 saturated heterocycles. The van der Waals surface area contributed by atoms with Gasteiger partial charge in [0.25, 0.3) is 0 Å². The zero-order valence-electron chi connectivity index (χ0n) is 32.2. The SMILES string of the molecule is c1ccc(-c2nc(-c3ccc4ccccc4c3)nc(-c3c4ccccc4cc4oc5cc(-n6c7cc8ccccc8cc7c7cc8ccccc8cc76)ccc5c34)n2)cc1. The molecule has 5 heteroatoms. The third-order valence-corrected chi connectivity index (χ3v) is 12.1. The van der Waals surface area contributed by atoms with Gasteiger partial charge in [-0.05, 0) is 91.6 Å². The van der Waals surface area contributed by atoms with Crippen LogP contribution in [-0.2, 0) is 0 Å². The number of fused-ring (bicyclic) bond motifs is 10. The average Bonchev–Trinajstić information content (AvgIpc) is 3.82. The van der Waals surface area contributed by atoms with Crippen LogP contribution in [0.1, 0.15) is 0 Å². The summed E-state index contributed by atoms with van der Waals surface area (Å²) in [5, 5.41) is 13.7. The summed E-state index contributed by atoms with van der Waals surface area (Å²) < 4.78 is 9.31. The topological polar surface area (TPSA) is 56.7 Å². The predicted molar refractivity (Wildman–Crippen MR) is 248 cm³/mol. The van der Waals surface area contributed by atoms with Gasteiger partial charge in [-0.15, -0.1) is 0 Å². The summed E-state index contributed by atoms with van der Waals surface area (Å²) in [7, 11) is 0. The second-order valence-corrected chi connectivity index (χ2v) is 15.6. The van der Waals surface area contributed by atoms with Gasteiger partial charge in [-0.2, -0.15) is 0 Å². The Morgan fingerprint density at radius 3 is 1.57 bits per heavy atom. The lowest BCUT2D eigenvalue weighted by Crippen LogP contribution is -2.01. The van der Waals surface area contributed by atoms with E-state index < -0.39 is 0 Å². The number of nitrogens with zero attached hydrogens (tertiary/aromatic N) is 4. The van der Waals surface area contributed by atoms with E-state index in [9.17, 15) is 0 Å². The first-order chi connectivity index (χ1) is 29.7. The monoisotopic (exact) mass is 764 g/mol. The van der Waals surface area contributed by atoms with Crippen LogP contribution in [0.4, 0.5) is 0 Å². The van der Waals surface area contributed by atoms with Crippen molar-refractivity contribution in [3.8, 4) is 39.9 Å². The van der Waals surface area contributed by atoms with Crippen molar-refractivity contribution in [2.24, 2.45) is 0 Å². The number of rotatable bonds is 4. The molecule has 278 valence electrons. The van der Waals surface area contributed by atoms with E-state index in [1.807, 2.05) is 18.2 Å². The fourth-order valence-corrected chi connectivity index (χ4v) is 9.29. The molecular formula is C55H32N4O. The Kier molecular flexibility index (Phi) is 6.95. The molecule has 0 unspecified atom stereocenters. The molecule has 13 rings (SSSR count). The highest BCUT2D eigenvalue weighted by Crippen LogP contribution is 2.43. The highest BCUT2D eigenvalue weighted by atomic mass is 16.3. The van der Waals surface area contributed by atoms with Gasteiger partial charge in [0.1, 0.15) is 11.2 Å². The number of furan rings is 1. The van der Waals surface area contributed by atoms with Crippen molar-refractivity contribution in [3.05, 3.63) is 194 Å². The molecule has 0 N–H and O–H groups in total. The third kappa shape index (κ3) is 5.03. The molecular weight excluding hydrogens is 733 g/mol. The fourth-order valence-electron chi connectivity index (χ4n) is 9.29. The quantitative estimate of drug-likeness (QED) is 0.179. The summed E-state index contributed by atoms with van der Waals surface area (Å²) in [6.45, 7) is 0. The van der Waals surface area contributed by atoms with Crippen molar-refractivity contribution in [1.29, 1.82) is 0 Å². The second kappa shape index (κ2) is 12.7. The van der Waals surface area contributed by atoms with Crippen LogP contribution >= 0.6 is 0 Å². The molecule has 0 spiro atoms. The molecule has 0 atom stereocenters. The van der Waals surface area contributed by atoms with Crippen LogP contribution in [0, 0.1) is 0 Å². The number of aromatic nitrogens is 4. The van der Waals surface area contributed by atoms with E-state index in [-0.39, 0.29) is 0 Å². The van der Waals surface area contributed by atoms with Crippen molar-refractivity contribution < 1.29 is 4.42 Å². The summed E-state index contributed by atoms with van der Waals surface area (Å²) >= 11 is 0. The van der Waals surface area contributed by atoms with E-state index in [4.69, 9.17) is 19.4 Å². The Hall–Kier alpha value is -8.15. The fraction of sp³-hybridized carbons (Fsp3) is 0. The highest BCUT2D eigenvalue weighted by Gasteiger charge is 2.22. The molecule has 5 nitrogen and oxygen atoms in total. The van der Waals surface area contributed by atoms with Gasteiger partial charge in [0.15, 0.2) is 17.5 Å². The second-order valence-electron chi connectivity index (χ2n) is 15.6. The summed E-state index contributed by atoms with van der Waals surface area (Å²) in [6.07, 6.45) is 0. The van der Waals surface area contributed by atoms with E-state index in [1.165, 1.54) is 37.7 Å². The molecule has 0 fully saturated rings. The first-order valence-corrected chi connectivity index (χ1v) is 20.3. The van der Waals surface area contributed by atoms with Crippen molar-refractivity contribution in [2.45, 2.75) is 0 Å². The minimum absolute atomic E-state index is 0.599. The molecule has 0 radical (unpaired) electrons. The Morgan fingerprint density at radius 1 is 0.333 bits per heavy atom. The Bertz CT molecular complexity index is 3810. The van der Waals surface area contributed by atoms with Crippen LogP contribution in [0.25, 0.3) is 127 Å². The Balaban J connectivity index is 1.08. The van der Waals surface area contributed by atoms with Gasteiger partial charge in [0.2, 0.25) is 0 Å². The maximum Gasteiger partial charge on any atom is 0.165 e. The lowest BCUT2D eigenvalue weighted by atomic mass is 9.97. The zero-order chi connectivity index (χ0) is 39.3. The van der Waals surface area contributed by atoms with Crippen LogP contribution in [-0.4, -0.2) is 19.5 Å². The van der Waals surface area contributed by atoms with Gasteiger partial charge < -0.3 is 8.98 Å². The van der Waals surface area contributed by atoms with Crippen LogP contribution < -0.4 is 0 Å². The first-order valence-electron chi connectivity index (χ1n) is 20.3. The van der Waals surface area contributed by atoms with Crippen molar-refractivity contribution >= 4 is 86.8 Å². The van der Waals surface area contributed by atoms with E-state index in [2.05, 4.69) is 180 Å². The van der Waals surface area contributed by atoms with Crippen molar-refractivity contribution in [3.63, 3.8) is 0 Å². The highest BCUT2D eigenvalue weighted by molar-refractivity contribution is 6.21. The van der Waals surface area contributed by atoms with E-state index in [0.717, 1.165) is 71.5 Å².